The Labute approximate surface area is 129 Å². The second-order valence-electron chi connectivity index (χ2n) is 4.60. The quantitative estimate of drug-likeness (QED) is 0.762. The van der Waals surface area contributed by atoms with Crippen molar-refractivity contribution in [3.05, 3.63) is 12.4 Å². The van der Waals surface area contributed by atoms with Crippen LogP contribution in [0.4, 0.5) is 24.8 Å². The second-order valence-corrected chi connectivity index (χ2v) is 4.60. The predicted molar refractivity (Wildman–Crippen MR) is 74.6 cm³/mol. The molecule has 2 rings (SSSR count). The predicted octanol–water partition coefficient (Wildman–Crippen LogP) is 0.361. The van der Waals surface area contributed by atoms with Crippen LogP contribution in [-0.4, -0.2) is 64.2 Å². The number of carbonyl (C=O) groups excluding carboxylic acids is 1. The molecule has 1 aromatic heterocycles. The molecular formula is C12H16F3N5O3. The summed E-state index contributed by atoms with van der Waals surface area (Å²) < 4.78 is 31.7. The molecule has 1 aliphatic rings. The molecule has 1 aromatic rings. The highest BCUT2D eigenvalue weighted by atomic mass is 19.4. The third-order valence-corrected chi connectivity index (χ3v) is 2.97. The number of hydrogen-bond donors (Lipinski definition) is 2. The van der Waals surface area contributed by atoms with Crippen LogP contribution in [-0.2, 0) is 9.59 Å². The molecule has 3 N–H and O–H groups in total. The zero-order valence-electron chi connectivity index (χ0n) is 12.2. The van der Waals surface area contributed by atoms with Gasteiger partial charge in [-0.3, -0.25) is 4.79 Å². The average molecular weight is 335 g/mol. The van der Waals surface area contributed by atoms with E-state index in [4.69, 9.17) is 15.6 Å². The van der Waals surface area contributed by atoms with Gasteiger partial charge in [0.05, 0.1) is 0 Å². The number of rotatable bonds is 1. The number of anilines is 2. The SMILES string of the molecule is CC(=O)N1CCN(c2cc(N)ncn2)CC1.O=C(O)C(F)(F)F. The van der Waals surface area contributed by atoms with Crippen LogP contribution < -0.4 is 10.6 Å². The maximum atomic E-state index is 11.2. The number of aliphatic carboxylic acids is 1. The number of hydrogen-bond acceptors (Lipinski definition) is 6. The highest BCUT2D eigenvalue weighted by Gasteiger charge is 2.38. The van der Waals surface area contributed by atoms with Gasteiger partial charge in [-0.05, 0) is 0 Å². The zero-order chi connectivity index (χ0) is 17.6. The lowest BCUT2D eigenvalue weighted by molar-refractivity contribution is -0.192. The van der Waals surface area contributed by atoms with E-state index in [-0.39, 0.29) is 5.91 Å². The number of amides is 1. The Bertz CT molecular complexity index is 559. The Morgan fingerprint density at radius 1 is 1.22 bits per heavy atom. The van der Waals surface area contributed by atoms with E-state index in [0.717, 1.165) is 32.0 Å². The number of piperazine rings is 1. The fourth-order valence-corrected chi connectivity index (χ4v) is 1.78. The Kier molecular flexibility index (Phi) is 6.10. The lowest BCUT2D eigenvalue weighted by Crippen LogP contribution is -2.48. The van der Waals surface area contributed by atoms with Gasteiger partial charge in [0.15, 0.2) is 0 Å². The normalized spacial score (nSPS) is 14.8. The second kappa shape index (κ2) is 7.61. The van der Waals surface area contributed by atoms with Crippen LogP contribution in [0.25, 0.3) is 0 Å². The molecule has 0 aliphatic carbocycles. The molecule has 8 nitrogen and oxygen atoms in total. The number of nitrogens with zero attached hydrogens (tertiary/aromatic N) is 4. The average Bonchev–Trinajstić information content (AvgIpc) is 2.47. The van der Waals surface area contributed by atoms with Crippen LogP contribution in [0.3, 0.4) is 0 Å². The van der Waals surface area contributed by atoms with Gasteiger partial charge in [-0.1, -0.05) is 0 Å². The topological polar surface area (TPSA) is 113 Å². The summed E-state index contributed by atoms with van der Waals surface area (Å²) >= 11 is 0. The van der Waals surface area contributed by atoms with Crippen LogP contribution in [0.1, 0.15) is 6.92 Å². The van der Waals surface area contributed by atoms with E-state index < -0.39 is 12.1 Å². The minimum atomic E-state index is -5.08. The van der Waals surface area contributed by atoms with E-state index >= 15 is 0 Å². The molecule has 128 valence electrons. The number of nitrogen functional groups attached to an aromatic ring is 1. The smallest absolute Gasteiger partial charge is 0.475 e. The molecule has 23 heavy (non-hydrogen) atoms. The third-order valence-electron chi connectivity index (χ3n) is 2.97. The summed E-state index contributed by atoms with van der Waals surface area (Å²) in [5, 5.41) is 7.12. The van der Waals surface area contributed by atoms with Gasteiger partial charge in [-0.15, -0.1) is 0 Å². The largest absolute Gasteiger partial charge is 0.490 e. The van der Waals surface area contributed by atoms with Gasteiger partial charge in [0.2, 0.25) is 5.91 Å². The number of halogens is 3. The van der Waals surface area contributed by atoms with Crippen LogP contribution in [0, 0.1) is 0 Å². The van der Waals surface area contributed by atoms with E-state index in [2.05, 4.69) is 14.9 Å². The lowest BCUT2D eigenvalue weighted by Gasteiger charge is -2.34. The van der Waals surface area contributed by atoms with Gasteiger partial charge in [-0.25, -0.2) is 14.8 Å². The summed E-state index contributed by atoms with van der Waals surface area (Å²) in [5.41, 5.74) is 5.60. The first kappa shape index (κ1) is 18.5. The van der Waals surface area contributed by atoms with Crippen molar-refractivity contribution in [1.29, 1.82) is 0 Å². The van der Waals surface area contributed by atoms with Crippen molar-refractivity contribution in [2.24, 2.45) is 0 Å². The number of alkyl halides is 3. The van der Waals surface area contributed by atoms with Crippen molar-refractivity contribution in [1.82, 2.24) is 14.9 Å². The third kappa shape index (κ3) is 5.96. The van der Waals surface area contributed by atoms with Crippen LogP contribution >= 0.6 is 0 Å². The zero-order valence-corrected chi connectivity index (χ0v) is 12.2. The molecule has 1 amide bonds. The molecule has 0 bridgehead atoms. The Morgan fingerprint density at radius 2 is 1.74 bits per heavy atom. The van der Waals surface area contributed by atoms with Crippen molar-refractivity contribution >= 4 is 23.5 Å². The first-order valence-electron chi connectivity index (χ1n) is 6.49. The summed E-state index contributed by atoms with van der Waals surface area (Å²) in [5.74, 6) is -1.33. The van der Waals surface area contributed by atoms with E-state index in [1.54, 1.807) is 13.0 Å². The molecule has 0 aromatic carbocycles. The molecule has 0 saturated carbocycles. The standard InChI is InChI=1S/C10H15N5O.C2HF3O2/c1-8(16)14-2-4-15(5-3-14)10-6-9(11)12-7-13-10;3-2(4,5)1(6)7/h6-7H,2-5H2,1H3,(H2,11,12,13);(H,6,7). The van der Waals surface area contributed by atoms with E-state index in [0.29, 0.717) is 5.82 Å². The fourth-order valence-electron chi connectivity index (χ4n) is 1.78. The fraction of sp³-hybridized carbons (Fsp3) is 0.500. The summed E-state index contributed by atoms with van der Waals surface area (Å²) in [6.45, 7) is 4.64. The van der Waals surface area contributed by atoms with Gasteiger partial charge in [0.25, 0.3) is 0 Å². The van der Waals surface area contributed by atoms with Crippen molar-refractivity contribution in [3.63, 3.8) is 0 Å². The van der Waals surface area contributed by atoms with Gasteiger partial charge in [0, 0.05) is 39.2 Å². The summed E-state index contributed by atoms with van der Waals surface area (Å²) in [6, 6.07) is 1.75. The molecule has 0 radical (unpaired) electrons. The van der Waals surface area contributed by atoms with Gasteiger partial charge < -0.3 is 20.6 Å². The van der Waals surface area contributed by atoms with Crippen LogP contribution in [0.2, 0.25) is 0 Å². The Balaban J connectivity index is 0.000000322. The summed E-state index contributed by atoms with van der Waals surface area (Å²) in [7, 11) is 0. The van der Waals surface area contributed by atoms with Crippen molar-refractivity contribution in [2.45, 2.75) is 13.1 Å². The molecule has 2 heterocycles. The molecule has 0 atom stereocenters. The van der Waals surface area contributed by atoms with Crippen molar-refractivity contribution in [3.8, 4) is 0 Å². The number of aromatic nitrogens is 2. The molecule has 0 spiro atoms. The summed E-state index contributed by atoms with van der Waals surface area (Å²) in [6.07, 6.45) is -3.62. The van der Waals surface area contributed by atoms with E-state index in [1.807, 2.05) is 4.90 Å². The molecule has 1 fully saturated rings. The van der Waals surface area contributed by atoms with Gasteiger partial charge in [-0.2, -0.15) is 13.2 Å². The Morgan fingerprint density at radius 3 is 2.13 bits per heavy atom. The number of carboxylic acid groups (broad SMARTS) is 1. The van der Waals surface area contributed by atoms with Crippen LogP contribution in [0.5, 0.6) is 0 Å². The highest BCUT2D eigenvalue weighted by Crippen LogP contribution is 2.14. The molecule has 1 aliphatic heterocycles. The molecule has 1 saturated heterocycles. The molecule has 0 unspecified atom stereocenters. The van der Waals surface area contributed by atoms with Crippen LogP contribution in [0.15, 0.2) is 12.4 Å². The van der Waals surface area contributed by atoms with E-state index in [9.17, 15) is 18.0 Å². The molecule has 11 heteroatoms. The van der Waals surface area contributed by atoms with Crippen molar-refractivity contribution < 1.29 is 27.9 Å². The first-order chi connectivity index (χ1) is 10.6. The summed E-state index contributed by atoms with van der Waals surface area (Å²) in [4.78, 5) is 32.0. The monoisotopic (exact) mass is 335 g/mol. The maximum absolute atomic E-state index is 11.2. The minimum Gasteiger partial charge on any atom is -0.475 e. The van der Waals surface area contributed by atoms with Gasteiger partial charge in [0.1, 0.15) is 18.0 Å². The highest BCUT2D eigenvalue weighted by molar-refractivity contribution is 5.73. The molecular weight excluding hydrogens is 319 g/mol. The maximum Gasteiger partial charge on any atom is 0.490 e. The minimum absolute atomic E-state index is 0.127. The lowest BCUT2D eigenvalue weighted by atomic mass is 10.3. The Hall–Kier alpha value is -2.59. The first-order valence-corrected chi connectivity index (χ1v) is 6.49. The van der Waals surface area contributed by atoms with Crippen molar-refractivity contribution in [2.75, 3.05) is 36.8 Å². The number of carbonyl (C=O) groups is 2. The van der Waals surface area contributed by atoms with Gasteiger partial charge >= 0.3 is 12.1 Å². The number of carboxylic acids is 1. The van der Waals surface area contributed by atoms with E-state index in [1.165, 1.54) is 6.33 Å². The number of nitrogens with two attached hydrogens (primary N) is 1.